The highest BCUT2D eigenvalue weighted by molar-refractivity contribution is 5.38. The first-order valence-corrected chi connectivity index (χ1v) is 8.58. The number of anilines is 1. The van der Waals surface area contributed by atoms with E-state index in [1.54, 1.807) is 7.11 Å². The van der Waals surface area contributed by atoms with Crippen molar-refractivity contribution >= 4 is 5.82 Å². The summed E-state index contributed by atoms with van der Waals surface area (Å²) in [5.41, 5.74) is 0. The Morgan fingerprint density at radius 3 is 2.40 bits per heavy atom. The van der Waals surface area contributed by atoms with Crippen LogP contribution in [0.25, 0.3) is 0 Å². The third-order valence-corrected chi connectivity index (χ3v) is 4.32. The molecule has 1 aliphatic heterocycles. The predicted molar refractivity (Wildman–Crippen MR) is 97.4 cm³/mol. The molecule has 6 heteroatoms. The zero-order chi connectivity index (χ0) is 17.5. The van der Waals surface area contributed by atoms with Gasteiger partial charge in [0.1, 0.15) is 30.0 Å². The number of hydrogen-bond donors (Lipinski definition) is 1. The Balaban J connectivity index is 1.39. The number of nitrogens with zero attached hydrogens (tertiary/aromatic N) is 3. The summed E-state index contributed by atoms with van der Waals surface area (Å²) < 4.78 is 10.8. The average molecular weight is 343 g/mol. The monoisotopic (exact) mass is 343 g/mol. The molecule has 2 aromatic rings. The molecule has 3 rings (SSSR count). The largest absolute Gasteiger partial charge is 0.497 e. The topological polar surface area (TPSA) is 58.1 Å². The fourth-order valence-corrected chi connectivity index (χ4v) is 2.92. The van der Waals surface area contributed by atoms with Crippen LogP contribution in [-0.4, -0.2) is 67.5 Å². The summed E-state index contributed by atoms with van der Waals surface area (Å²) >= 11 is 0. The molecule has 0 amide bonds. The molecule has 0 saturated carbocycles. The Labute approximate surface area is 148 Å². The van der Waals surface area contributed by atoms with Gasteiger partial charge in [0.25, 0.3) is 0 Å². The van der Waals surface area contributed by atoms with Crippen molar-refractivity contribution in [1.82, 2.24) is 9.88 Å². The van der Waals surface area contributed by atoms with Crippen LogP contribution < -0.4 is 14.4 Å². The summed E-state index contributed by atoms with van der Waals surface area (Å²) in [6.45, 7) is 4.57. The van der Waals surface area contributed by atoms with Gasteiger partial charge in [-0.15, -0.1) is 0 Å². The van der Waals surface area contributed by atoms with Crippen molar-refractivity contribution in [2.24, 2.45) is 0 Å². The lowest BCUT2D eigenvalue weighted by atomic mass is 10.2. The van der Waals surface area contributed by atoms with E-state index in [1.165, 1.54) is 0 Å². The number of piperazine rings is 1. The van der Waals surface area contributed by atoms with Crippen LogP contribution in [0.15, 0.2) is 48.7 Å². The van der Waals surface area contributed by atoms with Crippen molar-refractivity contribution in [1.29, 1.82) is 0 Å². The Bertz CT molecular complexity index is 628. The SMILES string of the molecule is COc1ccc(OCC(O)CN2CCN(c3ccccn3)CC2)cc1. The summed E-state index contributed by atoms with van der Waals surface area (Å²) in [6, 6.07) is 13.4. The zero-order valence-corrected chi connectivity index (χ0v) is 14.5. The zero-order valence-electron chi connectivity index (χ0n) is 14.5. The molecule has 0 aliphatic carbocycles. The minimum Gasteiger partial charge on any atom is -0.497 e. The highest BCUT2D eigenvalue weighted by Crippen LogP contribution is 2.17. The molecule has 2 heterocycles. The lowest BCUT2D eigenvalue weighted by Gasteiger charge is -2.36. The second kappa shape index (κ2) is 8.69. The van der Waals surface area contributed by atoms with Gasteiger partial charge in [-0.25, -0.2) is 4.98 Å². The van der Waals surface area contributed by atoms with Crippen LogP contribution in [-0.2, 0) is 0 Å². The molecule has 0 spiro atoms. The van der Waals surface area contributed by atoms with E-state index < -0.39 is 6.10 Å². The molecule has 6 nitrogen and oxygen atoms in total. The van der Waals surface area contributed by atoms with Crippen molar-refractivity contribution in [2.45, 2.75) is 6.10 Å². The highest BCUT2D eigenvalue weighted by atomic mass is 16.5. The molecule has 1 N–H and O–H groups in total. The lowest BCUT2D eigenvalue weighted by molar-refractivity contribution is 0.0662. The summed E-state index contributed by atoms with van der Waals surface area (Å²) in [7, 11) is 1.63. The standard InChI is InChI=1S/C19H25N3O3/c1-24-17-5-7-18(8-6-17)25-15-16(23)14-21-10-12-22(13-11-21)19-4-2-3-9-20-19/h2-9,16,23H,10-15H2,1H3. The molecule has 1 aromatic heterocycles. The number of rotatable bonds is 7. The summed E-state index contributed by atoms with van der Waals surface area (Å²) in [5.74, 6) is 2.55. The number of aliphatic hydroxyl groups is 1. The van der Waals surface area contributed by atoms with E-state index in [0.29, 0.717) is 6.54 Å². The Hall–Kier alpha value is -2.31. The first-order chi connectivity index (χ1) is 12.2. The van der Waals surface area contributed by atoms with E-state index >= 15 is 0 Å². The molecule has 134 valence electrons. The van der Waals surface area contributed by atoms with E-state index in [1.807, 2.05) is 48.7 Å². The second-order valence-electron chi connectivity index (χ2n) is 6.12. The van der Waals surface area contributed by atoms with E-state index in [2.05, 4.69) is 14.8 Å². The average Bonchev–Trinajstić information content (AvgIpc) is 2.68. The van der Waals surface area contributed by atoms with E-state index in [9.17, 15) is 5.11 Å². The summed E-state index contributed by atoms with van der Waals surface area (Å²) in [6.07, 6.45) is 1.31. The number of pyridine rings is 1. The fraction of sp³-hybridized carbons (Fsp3) is 0.421. The maximum absolute atomic E-state index is 10.2. The number of benzene rings is 1. The molecule has 1 aliphatic rings. The quantitative estimate of drug-likeness (QED) is 0.825. The Kier molecular flexibility index (Phi) is 6.09. The van der Waals surface area contributed by atoms with Gasteiger partial charge in [-0.05, 0) is 36.4 Å². The minimum atomic E-state index is -0.511. The summed E-state index contributed by atoms with van der Waals surface area (Å²) in [5, 5.41) is 10.2. The molecule has 25 heavy (non-hydrogen) atoms. The van der Waals surface area contributed by atoms with Crippen LogP contribution >= 0.6 is 0 Å². The molecule has 0 radical (unpaired) electrons. The van der Waals surface area contributed by atoms with Gasteiger partial charge >= 0.3 is 0 Å². The number of aliphatic hydroxyl groups excluding tert-OH is 1. The summed E-state index contributed by atoms with van der Waals surface area (Å²) in [4.78, 5) is 8.93. The van der Waals surface area contributed by atoms with Gasteiger partial charge in [-0.1, -0.05) is 6.07 Å². The number of methoxy groups -OCH3 is 1. The van der Waals surface area contributed by atoms with E-state index in [4.69, 9.17) is 9.47 Å². The fourth-order valence-electron chi connectivity index (χ4n) is 2.92. The van der Waals surface area contributed by atoms with Crippen LogP contribution in [0, 0.1) is 0 Å². The van der Waals surface area contributed by atoms with Crippen LogP contribution in [0.4, 0.5) is 5.82 Å². The van der Waals surface area contributed by atoms with E-state index in [-0.39, 0.29) is 6.61 Å². The smallest absolute Gasteiger partial charge is 0.128 e. The normalized spacial score (nSPS) is 16.5. The van der Waals surface area contributed by atoms with Crippen LogP contribution in [0.1, 0.15) is 0 Å². The highest BCUT2D eigenvalue weighted by Gasteiger charge is 2.20. The van der Waals surface area contributed by atoms with Crippen molar-refractivity contribution < 1.29 is 14.6 Å². The number of aromatic nitrogens is 1. The van der Waals surface area contributed by atoms with Gasteiger partial charge in [0, 0.05) is 38.9 Å². The first-order valence-electron chi connectivity index (χ1n) is 8.58. The van der Waals surface area contributed by atoms with E-state index in [0.717, 1.165) is 43.5 Å². The molecule has 0 bridgehead atoms. The van der Waals surface area contributed by atoms with Gasteiger partial charge < -0.3 is 19.5 Å². The van der Waals surface area contributed by atoms with Gasteiger partial charge in [0.2, 0.25) is 0 Å². The van der Waals surface area contributed by atoms with Crippen LogP contribution in [0.5, 0.6) is 11.5 Å². The third-order valence-electron chi connectivity index (χ3n) is 4.32. The lowest BCUT2D eigenvalue weighted by Crippen LogP contribution is -2.49. The van der Waals surface area contributed by atoms with Crippen LogP contribution in [0.2, 0.25) is 0 Å². The van der Waals surface area contributed by atoms with Gasteiger partial charge in [-0.3, -0.25) is 4.90 Å². The van der Waals surface area contributed by atoms with Gasteiger partial charge in [0.15, 0.2) is 0 Å². The predicted octanol–water partition coefficient (Wildman–Crippen LogP) is 1.65. The molecule has 1 atom stereocenters. The Morgan fingerprint density at radius 2 is 1.76 bits per heavy atom. The van der Waals surface area contributed by atoms with Crippen molar-refractivity contribution in [3.8, 4) is 11.5 Å². The number of hydrogen-bond acceptors (Lipinski definition) is 6. The van der Waals surface area contributed by atoms with Gasteiger partial charge in [0.05, 0.1) is 7.11 Å². The molecule has 1 fully saturated rings. The maximum Gasteiger partial charge on any atom is 0.128 e. The Morgan fingerprint density at radius 1 is 1.04 bits per heavy atom. The first kappa shape index (κ1) is 17.5. The maximum atomic E-state index is 10.2. The number of β-amino-alcohol motifs (C(OH)–C–C–N with tert-alkyl or cyclic N) is 1. The molecule has 1 aromatic carbocycles. The number of ether oxygens (including phenoxy) is 2. The van der Waals surface area contributed by atoms with Crippen molar-refractivity contribution in [3.63, 3.8) is 0 Å². The van der Waals surface area contributed by atoms with Crippen LogP contribution in [0.3, 0.4) is 0 Å². The molecule has 1 saturated heterocycles. The van der Waals surface area contributed by atoms with Crippen molar-refractivity contribution in [3.05, 3.63) is 48.7 Å². The van der Waals surface area contributed by atoms with Crippen molar-refractivity contribution in [2.75, 3.05) is 51.3 Å². The van der Waals surface area contributed by atoms with Gasteiger partial charge in [-0.2, -0.15) is 0 Å². The molecular weight excluding hydrogens is 318 g/mol. The third kappa shape index (κ3) is 5.08. The second-order valence-corrected chi connectivity index (χ2v) is 6.12. The minimum absolute atomic E-state index is 0.285. The molecule has 1 unspecified atom stereocenters. The molecular formula is C19H25N3O3.